The zero-order valence-corrected chi connectivity index (χ0v) is 10.6. The van der Waals surface area contributed by atoms with Gasteiger partial charge in [0.15, 0.2) is 0 Å². The van der Waals surface area contributed by atoms with Gasteiger partial charge in [0.05, 0.1) is 19.0 Å². The van der Waals surface area contributed by atoms with Gasteiger partial charge < -0.3 is 15.2 Å². The molecule has 0 aliphatic rings. The quantitative estimate of drug-likeness (QED) is 0.856. The monoisotopic (exact) mass is 260 g/mol. The van der Waals surface area contributed by atoms with E-state index in [-0.39, 0.29) is 4.99 Å². The second kappa shape index (κ2) is 5.46. The SMILES string of the molecule is COc1cccc(Oc2ccc(C(N)=S)nc2)c1. The Morgan fingerprint density at radius 1 is 1.17 bits per heavy atom. The maximum absolute atomic E-state index is 5.63. The van der Waals surface area contributed by atoms with Crippen LogP contribution in [-0.4, -0.2) is 17.1 Å². The molecule has 1 aromatic heterocycles. The van der Waals surface area contributed by atoms with E-state index in [4.69, 9.17) is 27.4 Å². The van der Waals surface area contributed by atoms with E-state index >= 15 is 0 Å². The Hall–Kier alpha value is -2.14. The van der Waals surface area contributed by atoms with Crippen LogP contribution in [0.5, 0.6) is 17.2 Å². The zero-order valence-electron chi connectivity index (χ0n) is 9.79. The predicted molar refractivity (Wildman–Crippen MR) is 73.2 cm³/mol. The molecule has 0 amide bonds. The second-order valence-corrected chi connectivity index (χ2v) is 3.96. The third-order valence-electron chi connectivity index (χ3n) is 2.27. The maximum atomic E-state index is 5.63. The number of aromatic nitrogens is 1. The first-order valence-corrected chi connectivity index (χ1v) is 5.67. The van der Waals surface area contributed by atoms with Crippen molar-refractivity contribution in [3.8, 4) is 17.2 Å². The molecule has 0 saturated heterocycles. The van der Waals surface area contributed by atoms with Crippen LogP contribution in [0.1, 0.15) is 5.69 Å². The third-order valence-corrected chi connectivity index (χ3v) is 2.47. The lowest BCUT2D eigenvalue weighted by Crippen LogP contribution is -2.10. The highest BCUT2D eigenvalue weighted by molar-refractivity contribution is 7.80. The first-order valence-electron chi connectivity index (χ1n) is 5.27. The van der Waals surface area contributed by atoms with Gasteiger partial charge in [0.1, 0.15) is 22.2 Å². The lowest BCUT2D eigenvalue weighted by Gasteiger charge is -2.07. The Labute approximate surface area is 110 Å². The summed E-state index contributed by atoms with van der Waals surface area (Å²) in [4.78, 5) is 4.36. The molecule has 2 N–H and O–H groups in total. The molecular weight excluding hydrogens is 248 g/mol. The van der Waals surface area contributed by atoms with Crippen molar-refractivity contribution >= 4 is 17.2 Å². The number of nitrogens with two attached hydrogens (primary N) is 1. The van der Waals surface area contributed by atoms with Crippen LogP contribution in [0.3, 0.4) is 0 Å². The van der Waals surface area contributed by atoms with E-state index in [1.807, 2.05) is 18.2 Å². The summed E-state index contributed by atoms with van der Waals surface area (Å²) in [6, 6.07) is 10.8. The summed E-state index contributed by atoms with van der Waals surface area (Å²) in [5.74, 6) is 2.03. The molecule has 5 heteroatoms. The smallest absolute Gasteiger partial charge is 0.145 e. The van der Waals surface area contributed by atoms with E-state index in [2.05, 4.69) is 4.98 Å². The number of methoxy groups -OCH3 is 1. The largest absolute Gasteiger partial charge is 0.497 e. The number of rotatable bonds is 4. The lowest BCUT2D eigenvalue weighted by molar-refractivity contribution is 0.409. The third kappa shape index (κ3) is 2.95. The molecule has 18 heavy (non-hydrogen) atoms. The molecule has 92 valence electrons. The molecule has 0 aliphatic heterocycles. The van der Waals surface area contributed by atoms with Crippen LogP contribution in [-0.2, 0) is 0 Å². The van der Waals surface area contributed by atoms with Crippen LogP contribution in [0.4, 0.5) is 0 Å². The molecule has 0 radical (unpaired) electrons. The molecule has 0 aliphatic carbocycles. The van der Waals surface area contributed by atoms with Gasteiger partial charge in [-0.05, 0) is 24.3 Å². The molecule has 1 heterocycles. The number of hydrogen-bond acceptors (Lipinski definition) is 4. The van der Waals surface area contributed by atoms with Crippen molar-refractivity contribution < 1.29 is 9.47 Å². The van der Waals surface area contributed by atoms with Gasteiger partial charge in [-0.1, -0.05) is 18.3 Å². The van der Waals surface area contributed by atoms with Crippen molar-refractivity contribution in [1.29, 1.82) is 0 Å². The summed E-state index contributed by atoms with van der Waals surface area (Å²) in [5, 5.41) is 0. The summed E-state index contributed by atoms with van der Waals surface area (Å²) in [5.41, 5.74) is 6.04. The topological polar surface area (TPSA) is 57.4 Å². The van der Waals surface area contributed by atoms with Crippen LogP contribution >= 0.6 is 12.2 Å². The fourth-order valence-electron chi connectivity index (χ4n) is 1.39. The molecule has 0 atom stereocenters. The van der Waals surface area contributed by atoms with Gasteiger partial charge in [0, 0.05) is 6.07 Å². The Bertz CT molecular complexity index is 555. The van der Waals surface area contributed by atoms with E-state index in [1.165, 1.54) is 0 Å². The molecule has 1 aromatic carbocycles. The molecular formula is C13H12N2O2S. The molecule has 4 nitrogen and oxygen atoms in total. The maximum Gasteiger partial charge on any atom is 0.145 e. The predicted octanol–water partition coefficient (Wildman–Crippen LogP) is 2.52. The molecule has 0 fully saturated rings. The highest BCUT2D eigenvalue weighted by Crippen LogP contribution is 2.24. The minimum absolute atomic E-state index is 0.267. The number of thiocarbonyl (C=S) groups is 1. The summed E-state index contributed by atoms with van der Waals surface area (Å²) < 4.78 is 10.7. The zero-order chi connectivity index (χ0) is 13.0. The van der Waals surface area contributed by atoms with Crippen molar-refractivity contribution in [2.45, 2.75) is 0 Å². The fraction of sp³-hybridized carbons (Fsp3) is 0.0769. The molecule has 0 saturated carbocycles. The number of pyridine rings is 1. The summed E-state index contributed by atoms with van der Waals surface area (Å²) in [6.45, 7) is 0. The normalized spacial score (nSPS) is 9.83. The van der Waals surface area contributed by atoms with Crippen LogP contribution in [0.25, 0.3) is 0 Å². The van der Waals surface area contributed by atoms with Gasteiger partial charge in [-0.2, -0.15) is 0 Å². The van der Waals surface area contributed by atoms with E-state index in [1.54, 1.807) is 31.5 Å². The molecule has 2 aromatic rings. The van der Waals surface area contributed by atoms with Gasteiger partial charge in [-0.3, -0.25) is 0 Å². The van der Waals surface area contributed by atoms with E-state index in [9.17, 15) is 0 Å². The highest BCUT2D eigenvalue weighted by atomic mass is 32.1. The minimum Gasteiger partial charge on any atom is -0.497 e. The van der Waals surface area contributed by atoms with Gasteiger partial charge in [0.25, 0.3) is 0 Å². The Balaban J connectivity index is 2.15. The van der Waals surface area contributed by atoms with E-state index in [0.29, 0.717) is 17.2 Å². The van der Waals surface area contributed by atoms with Crippen molar-refractivity contribution in [3.05, 3.63) is 48.3 Å². The summed E-state index contributed by atoms with van der Waals surface area (Å²) in [6.07, 6.45) is 1.58. The van der Waals surface area contributed by atoms with E-state index < -0.39 is 0 Å². The van der Waals surface area contributed by atoms with Crippen LogP contribution in [0.15, 0.2) is 42.6 Å². The average Bonchev–Trinajstić information content (AvgIpc) is 2.39. The van der Waals surface area contributed by atoms with Crippen LogP contribution in [0.2, 0.25) is 0 Å². The standard InChI is InChI=1S/C13H12N2O2S/c1-16-9-3-2-4-10(7-9)17-11-5-6-12(13(14)18)15-8-11/h2-8H,1H3,(H2,14,18). The number of nitrogens with zero attached hydrogens (tertiary/aromatic N) is 1. The Morgan fingerprint density at radius 2 is 1.94 bits per heavy atom. The first kappa shape index (κ1) is 12.3. The van der Waals surface area contributed by atoms with Crippen molar-refractivity contribution in [3.63, 3.8) is 0 Å². The Morgan fingerprint density at radius 3 is 2.56 bits per heavy atom. The number of benzene rings is 1. The van der Waals surface area contributed by atoms with Gasteiger partial charge in [-0.25, -0.2) is 4.98 Å². The van der Waals surface area contributed by atoms with Crippen LogP contribution in [0, 0.1) is 0 Å². The Kier molecular flexibility index (Phi) is 3.74. The fourth-order valence-corrected chi connectivity index (χ4v) is 1.51. The average molecular weight is 260 g/mol. The molecule has 0 spiro atoms. The molecule has 0 unspecified atom stereocenters. The van der Waals surface area contributed by atoms with Crippen molar-refractivity contribution in [2.75, 3.05) is 7.11 Å². The highest BCUT2D eigenvalue weighted by Gasteiger charge is 2.01. The van der Waals surface area contributed by atoms with Crippen LogP contribution < -0.4 is 15.2 Å². The van der Waals surface area contributed by atoms with Crippen molar-refractivity contribution in [1.82, 2.24) is 4.98 Å². The second-order valence-electron chi connectivity index (χ2n) is 3.52. The number of ether oxygens (including phenoxy) is 2. The first-order chi connectivity index (χ1) is 8.69. The minimum atomic E-state index is 0.267. The molecule has 2 rings (SSSR count). The van der Waals surface area contributed by atoms with Gasteiger partial charge in [0.2, 0.25) is 0 Å². The number of hydrogen-bond donors (Lipinski definition) is 1. The van der Waals surface area contributed by atoms with E-state index in [0.717, 1.165) is 5.75 Å². The summed E-state index contributed by atoms with van der Waals surface area (Å²) in [7, 11) is 1.61. The lowest BCUT2D eigenvalue weighted by atomic mass is 10.3. The van der Waals surface area contributed by atoms with Gasteiger partial charge >= 0.3 is 0 Å². The molecule has 0 bridgehead atoms. The van der Waals surface area contributed by atoms with Gasteiger partial charge in [-0.15, -0.1) is 0 Å². The summed E-state index contributed by atoms with van der Waals surface area (Å²) >= 11 is 4.83. The van der Waals surface area contributed by atoms with Crippen molar-refractivity contribution in [2.24, 2.45) is 5.73 Å².